The first-order valence-electron chi connectivity index (χ1n) is 5.57. The Morgan fingerprint density at radius 1 is 1.27 bits per heavy atom. The van der Waals surface area contributed by atoms with Crippen molar-refractivity contribution in [2.45, 2.75) is 45.6 Å². The Balaban J connectivity index is 2.79. The zero-order valence-corrected chi connectivity index (χ0v) is 9.40. The van der Waals surface area contributed by atoms with Crippen LogP contribution in [0.4, 0.5) is 0 Å². The summed E-state index contributed by atoms with van der Waals surface area (Å²) in [4.78, 5) is 24.4. The van der Waals surface area contributed by atoms with Gasteiger partial charge in [-0.05, 0) is 12.8 Å². The third-order valence-corrected chi connectivity index (χ3v) is 2.81. The van der Waals surface area contributed by atoms with E-state index in [2.05, 4.69) is 0 Å². The number of aliphatic carboxylic acids is 1. The Hall–Kier alpha value is -1.06. The third-order valence-electron chi connectivity index (χ3n) is 2.81. The van der Waals surface area contributed by atoms with E-state index in [1.54, 1.807) is 4.90 Å². The lowest BCUT2D eigenvalue weighted by Crippen LogP contribution is -2.46. The lowest BCUT2D eigenvalue weighted by molar-refractivity contribution is -0.151. The van der Waals surface area contributed by atoms with Crippen LogP contribution in [-0.4, -0.2) is 34.5 Å². The number of carboxylic acids is 1. The smallest absolute Gasteiger partial charge is 0.326 e. The van der Waals surface area contributed by atoms with Crippen molar-refractivity contribution in [3.8, 4) is 0 Å². The van der Waals surface area contributed by atoms with Gasteiger partial charge in [0, 0.05) is 12.5 Å². The van der Waals surface area contributed by atoms with Gasteiger partial charge in [0.25, 0.3) is 0 Å². The summed E-state index contributed by atoms with van der Waals surface area (Å²) in [6.45, 7) is 4.21. The minimum atomic E-state index is -0.870. The monoisotopic (exact) mass is 213 g/mol. The number of hydrogen-bond donors (Lipinski definition) is 1. The van der Waals surface area contributed by atoms with E-state index in [0.717, 1.165) is 19.3 Å². The highest BCUT2D eigenvalue weighted by Crippen LogP contribution is 2.19. The second-order valence-corrected chi connectivity index (χ2v) is 4.39. The predicted octanol–water partition coefficient (Wildman–Crippen LogP) is 1.50. The Morgan fingerprint density at radius 2 is 1.93 bits per heavy atom. The van der Waals surface area contributed by atoms with Crippen LogP contribution in [0.15, 0.2) is 0 Å². The Labute approximate surface area is 90.3 Å². The predicted molar refractivity (Wildman–Crippen MR) is 56.4 cm³/mol. The highest BCUT2D eigenvalue weighted by Gasteiger charge is 2.31. The molecule has 0 aromatic rings. The quantitative estimate of drug-likeness (QED) is 0.756. The zero-order chi connectivity index (χ0) is 11.4. The summed E-state index contributed by atoms with van der Waals surface area (Å²) in [5.41, 5.74) is 0. The molecule has 0 aromatic heterocycles. The van der Waals surface area contributed by atoms with Crippen molar-refractivity contribution in [2.75, 3.05) is 6.54 Å². The first-order valence-corrected chi connectivity index (χ1v) is 5.57. The van der Waals surface area contributed by atoms with Crippen molar-refractivity contribution < 1.29 is 14.7 Å². The maximum Gasteiger partial charge on any atom is 0.326 e. The molecule has 1 atom stereocenters. The average Bonchev–Trinajstić information content (AvgIpc) is 2.40. The van der Waals surface area contributed by atoms with E-state index in [-0.39, 0.29) is 11.8 Å². The zero-order valence-electron chi connectivity index (χ0n) is 9.40. The van der Waals surface area contributed by atoms with Crippen molar-refractivity contribution in [1.82, 2.24) is 4.90 Å². The SMILES string of the molecule is CC(C)C(=O)N1CCCCCC1C(=O)O. The molecule has 0 radical (unpaired) electrons. The second-order valence-electron chi connectivity index (χ2n) is 4.39. The number of likely N-dealkylation sites (tertiary alicyclic amines) is 1. The maximum atomic E-state index is 11.8. The molecule has 1 rings (SSSR count). The second kappa shape index (κ2) is 5.14. The Morgan fingerprint density at radius 3 is 2.47 bits per heavy atom. The van der Waals surface area contributed by atoms with Gasteiger partial charge in [0.2, 0.25) is 5.91 Å². The number of carbonyl (C=O) groups is 2. The molecule has 1 N–H and O–H groups in total. The molecule has 15 heavy (non-hydrogen) atoms. The molecule has 4 heteroatoms. The van der Waals surface area contributed by atoms with E-state index in [9.17, 15) is 9.59 Å². The molecule has 0 spiro atoms. The summed E-state index contributed by atoms with van der Waals surface area (Å²) in [5, 5.41) is 9.07. The molecule has 1 unspecified atom stereocenters. The summed E-state index contributed by atoms with van der Waals surface area (Å²) in [5.74, 6) is -1.03. The highest BCUT2D eigenvalue weighted by molar-refractivity contribution is 5.84. The summed E-state index contributed by atoms with van der Waals surface area (Å²) in [7, 11) is 0. The molecule has 1 aliphatic heterocycles. The summed E-state index contributed by atoms with van der Waals surface area (Å²) in [6.07, 6.45) is 3.43. The van der Waals surface area contributed by atoms with Gasteiger partial charge in [0.1, 0.15) is 6.04 Å². The van der Waals surface area contributed by atoms with Gasteiger partial charge in [0.15, 0.2) is 0 Å². The van der Waals surface area contributed by atoms with E-state index in [4.69, 9.17) is 5.11 Å². The van der Waals surface area contributed by atoms with Gasteiger partial charge in [-0.2, -0.15) is 0 Å². The Bertz CT molecular complexity index is 250. The molecular formula is C11H19NO3. The van der Waals surface area contributed by atoms with Gasteiger partial charge in [-0.25, -0.2) is 4.79 Å². The van der Waals surface area contributed by atoms with Crippen LogP contribution >= 0.6 is 0 Å². The third kappa shape index (κ3) is 2.94. The van der Waals surface area contributed by atoms with Crippen molar-refractivity contribution in [2.24, 2.45) is 5.92 Å². The Kier molecular flexibility index (Phi) is 4.12. The number of nitrogens with zero attached hydrogens (tertiary/aromatic N) is 1. The van der Waals surface area contributed by atoms with Gasteiger partial charge in [-0.3, -0.25) is 4.79 Å². The van der Waals surface area contributed by atoms with Crippen LogP contribution in [0, 0.1) is 5.92 Å². The van der Waals surface area contributed by atoms with Crippen molar-refractivity contribution in [3.63, 3.8) is 0 Å². The van der Waals surface area contributed by atoms with E-state index in [1.165, 1.54) is 0 Å². The van der Waals surface area contributed by atoms with E-state index in [0.29, 0.717) is 13.0 Å². The molecule has 0 aromatic carbocycles. The number of carboxylic acid groups (broad SMARTS) is 1. The van der Waals surface area contributed by atoms with Gasteiger partial charge in [0.05, 0.1) is 0 Å². The standard InChI is InChI=1S/C11H19NO3/c1-8(2)10(13)12-7-5-3-4-6-9(12)11(14)15/h8-9H,3-7H2,1-2H3,(H,14,15). The summed E-state index contributed by atoms with van der Waals surface area (Å²) in [6, 6.07) is -0.609. The average molecular weight is 213 g/mol. The van der Waals surface area contributed by atoms with E-state index in [1.807, 2.05) is 13.8 Å². The first kappa shape index (κ1) is 12.0. The topological polar surface area (TPSA) is 57.6 Å². The van der Waals surface area contributed by atoms with Gasteiger partial charge >= 0.3 is 5.97 Å². The number of hydrogen-bond acceptors (Lipinski definition) is 2. The van der Waals surface area contributed by atoms with Crippen LogP contribution in [0.25, 0.3) is 0 Å². The fraction of sp³-hybridized carbons (Fsp3) is 0.818. The molecule has 1 saturated heterocycles. The molecule has 0 bridgehead atoms. The van der Waals surface area contributed by atoms with Crippen LogP contribution in [0.3, 0.4) is 0 Å². The summed E-state index contributed by atoms with van der Waals surface area (Å²) >= 11 is 0. The minimum absolute atomic E-state index is 0.0377. The normalized spacial score (nSPS) is 22.6. The molecule has 1 heterocycles. The van der Waals surface area contributed by atoms with Crippen molar-refractivity contribution in [3.05, 3.63) is 0 Å². The lowest BCUT2D eigenvalue weighted by Gasteiger charge is -2.28. The molecular weight excluding hydrogens is 194 g/mol. The van der Waals surface area contributed by atoms with Crippen LogP contribution in [0.1, 0.15) is 39.5 Å². The number of rotatable bonds is 2. The molecule has 0 saturated carbocycles. The van der Waals surface area contributed by atoms with Gasteiger partial charge in [-0.15, -0.1) is 0 Å². The first-order chi connectivity index (χ1) is 7.04. The van der Waals surface area contributed by atoms with Crippen LogP contribution in [0.5, 0.6) is 0 Å². The summed E-state index contributed by atoms with van der Waals surface area (Å²) < 4.78 is 0. The fourth-order valence-corrected chi connectivity index (χ4v) is 1.96. The lowest BCUT2D eigenvalue weighted by atomic mass is 10.1. The highest BCUT2D eigenvalue weighted by atomic mass is 16.4. The molecule has 4 nitrogen and oxygen atoms in total. The maximum absolute atomic E-state index is 11.8. The number of carbonyl (C=O) groups excluding carboxylic acids is 1. The van der Waals surface area contributed by atoms with Crippen LogP contribution in [-0.2, 0) is 9.59 Å². The molecule has 86 valence electrons. The van der Waals surface area contributed by atoms with Crippen LogP contribution < -0.4 is 0 Å². The van der Waals surface area contributed by atoms with Crippen molar-refractivity contribution in [1.29, 1.82) is 0 Å². The minimum Gasteiger partial charge on any atom is -0.480 e. The largest absolute Gasteiger partial charge is 0.480 e. The molecule has 1 aliphatic rings. The molecule has 0 aliphatic carbocycles. The van der Waals surface area contributed by atoms with Crippen LogP contribution in [0.2, 0.25) is 0 Å². The fourth-order valence-electron chi connectivity index (χ4n) is 1.96. The van der Waals surface area contributed by atoms with Gasteiger partial charge in [-0.1, -0.05) is 26.7 Å². The number of amides is 1. The molecule has 1 fully saturated rings. The van der Waals surface area contributed by atoms with Gasteiger partial charge < -0.3 is 10.0 Å². The van der Waals surface area contributed by atoms with E-state index < -0.39 is 12.0 Å². The molecule has 1 amide bonds. The van der Waals surface area contributed by atoms with Crippen molar-refractivity contribution >= 4 is 11.9 Å². The van der Waals surface area contributed by atoms with E-state index >= 15 is 0 Å².